The van der Waals surface area contributed by atoms with Gasteiger partial charge in [-0.15, -0.1) is 0 Å². The zero-order chi connectivity index (χ0) is 16.9. The molecule has 0 spiro atoms. The molecule has 0 unspecified atom stereocenters. The first kappa shape index (κ1) is 15.5. The molecule has 7 nitrogen and oxygen atoms in total. The predicted molar refractivity (Wildman–Crippen MR) is 90.1 cm³/mol. The van der Waals surface area contributed by atoms with E-state index in [-0.39, 0.29) is 4.90 Å². The summed E-state index contributed by atoms with van der Waals surface area (Å²) >= 11 is 0. The Kier molecular flexibility index (Phi) is 3.54. The standard InChI is InChI=1S/C16H19N5O2S/c1-10-5-6-21(10)16-19-14-4-2-3-13(14)15(20-16)11-7-12(9-18-8-11)24(17,22)23/h7-10H,2-6H2,1H3,(H2,17,22,23)/t10-/m0/s1. The molecule has 1 aliphatic heterocycles. The maximum absolute atomic E-state index is 11.6. The van der Waals surface area contributed by atoms with E-state index in [1.807, 2.05) is 0 Å². The Bertz CT molecular complexity index is 913. The van der Waals surface area contributed by atoms with Crippen LogP contribution >= 0.6 is 0 Å². The van der Waals surface area contributed by atoms with Crippen molar-refractivity contribution in [3.05, 3.63) is 29.7 Å². The van der Waals surface area contributed by atoms with E-state index in [4.69, 9.17) is 15.1 Å². The van der Waals surface area contributed by atoms with Crippen LogP contribution < -0.4 is 10.0 Å². The lowest BCUT2D eigenvalue weighted by molar-refractivity contribution is 0.470. The van der Waals surface area contributed by atoms with Crippen molar-refractivity contribution in [1.82, 2.24) is 15.0 Å². The van der Waals surface area contributed by atoms with Gasteiger partial charge in [-0.25, -0.2) is 23.5 Å². The van der Waals surface area contributed by atoms with Gasteiger partial charge in [-0.3, -0.25) is 4.98 Å². The molecule has 2 aliphatic rings. The maximum Gasteiger partial charge on any atom is 0.239 e. The largest absolute Gasteiger partial charge is 0.338 e. The summed E-state index contributed by atoms with van der Waals surface area (Å²) in [5.41, 5.74) is 3.62. The van der Waals surface area contributed by atoms with Gasteiger partial charge < -0.3 is 4.90 Å². The summed E-state index contributed by atoms with van der Waals surface area (Å²) in [6.07, 6.45) is 6.91. The van der Waals surface area contributed by atoms with Gasteiger partial charge in [0.25, 0.3) is 0 Å². The minimum Gasteiger partial charge on any atom is -0.338 e. The average Bonchev–Trinajstić information content (AvgIpc) is 3.00. The fraction of sp³-hybridized carbons (Fsp3) is 0.438. The average molecular weight is 345 g/mol. The molecule has 1 saturated heterocycles. The van der Waals surface area contributed by atoms with E-state index in [2.05, 4.69) is 16.8 Å². The van der Waals surface area contributed by atoms with Gasteiger partial charge in [0.05, 0.1) is 5.69 Å². The highest BCUT2D eigenvalue weighted by atomic mass is 32.2. The van der Waals surface area contributed by atoms with Gasteiger partial charge in [-0.1, -0.05) is 0 Å². The molecule has 2 N–H and O–H groups in total. The summed E-state index contributed by atoms with van der Waals surface area (Å²) in [4.78, 5) is 15.7. The Balaban J connectivity index is 1.86. The predicted octanol–water partition coefficient (Wildman–Crippen LogP) is 1.27. The highest BCUT2D eigenvalue weighted by molar-refractivity contribution is 7.89. The van der Waals surface area contributed by atoms with Crippen molar-refractivity contribution >= 4 is 16.0 Å². The molecule has 4 rings (SSSR count). The van der Waals surface area contributed by atoms with Gasteiger partial charge in [0.15, 0.2) is 0 Å². The molecule has 1 fully saturated rings. The molecule has 24 heavy (non-hydrogen) atoms. The second kappa shape index (κ2) is 5.49. The topological polar surface area (TPSA) is 102 Å². The molecule has 126 valence electrons. The monoisotopic (exact) mass is 345 g/mol. The van der Waals surface area contributed by atoms with Crippen molar-refractivity contribution in [2.75, 3.05) is 11.4 Å². The second-order valence-corrected chi connectivity index (χ2v) is 8.00. The van der Waals surface area contributed by atoms with E-state index < -0.39 is 10.0 Å². The fourth-order valence-corrected chi connectivity index (χ4v) is 3.80. The summed E-state index contributed by atoms with van der Waals surface area (Å²) < 4.78 is 23.2. The number of nitrogens with zero attached hydrogens (tertiary/aromatic N) is 4. The number of hydrogen-bond donors (Lipinski definition) is 1. The fourth-order valence-electron chi connectivity index (χ4n) is 3.30. The van der Waals surface area contributed by atoms with Crippen LogP contribution in [-0.2, 0) is 22.9 Å². The molecule has 2 aromatic heterocycles. The number of anilines is 1. The van der Waals surface area contributed by atoms with Crippen LogP contribution in [0.3, 0.4) is 0 Å². The lowest BCUT2D eigenvalue weighted by Gasteiger charge is -2.39. The lowest BCUT2D eigenvalue weighted by Crippen LogP contribution is -2.46. The molecule has 1 atom stereocenters. The molecule has 0 bridgehead atoms. The van der Waals surface area contributed by atoms with Gasteiger partial charge in [0.2, 0.25) is 16.0 Å². The number of rotatable bonds is 3. The minimum absolute atomic E-state index is 0.00391. The third kappa shape index (κ3) is 2.55. The van der Waals surface area contributed by atoms with Crippen LogP contribution in [0.25, 0.3) is 11.3 Å². The van der Waals surface area contributed by atoms with Gasteiger partial charge >= 0.3 is 0 Å². The van der Waals surface area contributed by atoms with Gasteiger partial charge in [0.1, 0.15) is 4.90 Å². The van der Waals surface area contributed by atoms with Crippen LogP contribution in [0.1, 0.15) is 31.0 Å². The number of aryl methyl sites for hydroxylation is 1. The van der Waals surface area contributed by atoms with E-state index in [0.29, 0.717) is 11.6 Å². The number of primary sulfonamides is 1. The Morgan fingerprint density at radius 1 is 1.25 bits per heavy atom. The van der Waals surface area contributed by atoms with Crippen LogP contribution in [-0.4, -0.2) is 36.0 Å². The van der Waals surface area contributed by atoms with E-state index in [1.165, 1.54) is 6.20 Å². The summed E-state index contributed by atoms with van der Waals surface area (Å²) in [5.74, 6) is 0.727. The van der Waals surface area contributed by atoms with Crippen molar-refractivity contribution in [1.29, 1.82) is 0 Å². The van der Waals surface area contributed by atoms with Crippen molar-refractivity contribution in [3.8, 4) is 11.3 Å². The molecular weight excluding hydrogens is 326 g/mol. The van der Waals surface area contributed by atoms with E-state index in [1.54, 1.807) is 12.3 Å². The third-order valence-corrected chi connectivity index (χ3v) is 5.69. The van der Waals surface area contributed by atoms with Gasteiger partial charge in [-0.2, -0.15) is 0 Å². The number of fused-ring (bicyclic) bond motifs is 1. The zero-order valence-corrected chi connectivity index (χ0v) is 14.3. The summed E-state index contributed by atoms with van der Waals surface area (Å²) in [5, 5.41) is 5.23. The Labute approximate surface area is 141 Å². The zero-order valence-electron chi connectivity index (χ0n) is 13.4. The molecule has 1 aliphatic carbocycles. The van der Waals surface area contributed by atoms with Gasteiger partial charge in [0, 0.05) is 41.8 Å². The van der Waals surface area contributed by atoms with Crippen LogP contribution in [0.4, 0.5) is 5.95 Å². The quantitative estimate of drug-likeness (QED) is 0.899. The van der Waals surface area contributed by atoms with Crippen LogP contribution in [0.2, 0.25) is 0 Å². The van der Waals surface area contributed by atoms with Crippen molar-refractivity contribution in [3.63, 3.8) is 0 Å². The minimum atomic E-state index is -3.79. The summed E-state index contributed by atoms with van der Waals surface area (Å²) in [7, 11) is -3.79. The molecule has 0 saturated carbocycles. The molecule has 8 heteroatoms. The highest BCUT2D eigenvalue weighted by Crippen LogP contribution is 2.34. The Hall–Kier alpha value is -2.06. The summed E-state index contributed by atoms with van der Waals surface area (Å²) in [6.45, 7) is 3.11. The van der Waals surface area contributed by atoms with Crippen LogP contribution in [0.15, 0.2) is 23.4 Å². The number of nitrogens with two attached hydrogens (primary N) is 1. The molecule has 0 aromatic carbocycles. The number of hydrogen-bond acceptors (Lipinski definition) is 6. The Morgan fingerprint density at radius 3 is 2.75 bits per heavy atom. The Morgan fingerprint density at radius 2 is 2.08 bits per heavy atom. The van der Waals surface area contributed by atoms with E-state index in [0.717, 1.165) is 55.1 Å². The normalized spacial score (nSPS) is 19.9. The maximum atomic E-state index is 11.6. The number of aromatic nitrogens is 3. The summed E-state index contributed by atoms with van der Waals surface area (Å²) in [6, 6.07) is 1.98. The second-order valence-electron chi connectivity index (χ2n) is 6.44. The first-order valence-electron chi connectivity index (χ1n) is 8.08. The lowest BCUT2D eigenvalue weighted by atomic mass is 10.1. The van der Waals surface area contributed by atoms with Crippen molar-refractivity contribution in [2.45, 2.75) is 43.5 Å². The van der Waals surface area contributed by atoms with Gasteiger partial charge in [-0.05, 0) is 38.7 Å². The molecular formula is C16H19N5O2S. The van der Waals surface area contributed by atoms with Crippen molar-refractivity contribution in [2.24, 2.45) is 5.14 Å². The highest BCUT2D eigenvalue weighted by Gasteiger charge is 2.29. The molecule has 3 heterocycles. The SMILES string of the molecule is C[C@H]1CCN1c1nc2c(c(-c3cncc(S(N)(=O)=O)c3)n1)CCC2. The third-order valence-electron chi connectivity index (χ3n) is 4.81. The van der Waals surface area contributed by atoms with Crippen LogP contribution in [0.5, 0.6) is 0 Å². The number of pyridine rings is 1. The molecule has 0 radical (unpaired) electrons. The first-order valence-corrected chi connectivity index (χ1v) is 9.63. The first-order chi connectivity index (χ1) is 11.4. The van der Waals surface area contributed by atoms with E-state index >= 15 is 0 Å². The van der Waals surface area contributed by atoms with E-state index in [9.17, 15) is 8.42 Å². The smallest absolute Gasteiger partial charge is 0.239 e. The number of sulfonamides is 1. The molecule has 0 amide bonds. The molecule has 2 aromatic rings. The van der Waals surface area contributed by atoms with Crippen molar-refractivity contribution < 1.29 is 8.42 Å². The van der Waals surface area contributed by atoms with Crippen LogP contribution in [0, 0.1) is 0 Å².